The highest BCUT2D eigenvalue weighted by atomic mass is 127. The summed E-state index contributed by atoms with van der Waals surface area (Å²) in [5.41, 5.74) is 3.50. The Balaban J connectivity index is 1.48. The second-order valence-corrected chi connectivity index (χ2v) is 10.3. The number of hydrogen-bond acceptors (Lipinski definition) is 7. The van der Waals surface area contributed by atoms with Crippen LogP contribution in [0.25, 0.3) is 17.0 Å². The number of furan rings is 1. The van der Waals surface area contributed by atoms with Crippen LogP contribution >= 0.6 is 33.0 Å². The molecule has 1 atom stereocenters. The van der Waals surface area contributed by atoms with Gasteiger partial charge in [-0.25, -0.2) is 0 Å². The van der Waals surface area contributed by atoms with Crippen LogP contribution in [0.4, 0.5) is 5.69 Å². The number of nitrogens with one attached hydrogen (secondary N) is 1. The monoisotopic (exact) mass is 571 g/mol. The van der Waals surface area contributed by atoms with Crippen molar-refractivity contribution in [2.45, 2.75) is 26.0 Å². The minimum atomic E-state index is -1.22. The van der Waals surface area contributed by atoms with Crippen LogP contribution in [0, 0.1) is 3.57 Å². The number of anilines is 1. The summed E-state index contributed by atoms with van der Waals surface area (Å²) in [7, 11) is 0. The fourth-order valence-electron chi connectivity index (χ4n) is 3.67. The number of halogens is 1. The third-order valence-corrected chi connectivity index (χ3v) is 7.58. The first kappa shape index (κ1) is 22.1. The lowest BCUT2D eigenvalue weighted by Gasteiger charge is -2.18. The molecule has 1 aromatic heterocycles. The molecule has 0 amide bonds. The van der Waals surface area contributed by atoms with Crippen molar-refractivity contribution in [3.05, 3.63) is 92.4 Å². The van der Waals surface area contributed by atoms with Gasteiger partial charge in [0.05, 0.1) is 0 Å². The number of thioether (sulfide) groups is 1. The van der Waals surface area contributed by atoms with Crippen molar-refractivity contribution in [1.29, 1.82) is 0 Å². The summed E-state index contributed by atoms with van der Waals surface area (Å²) in [6.45, 7) is 2.15. The van der Waals surface area contributed by atoms with Crippen LogP contribution in [-0.2, 0) is 7.81 Å². The lowest BCUT2D eigenvalue weighted by atomic mass is 10.1. The molecule has 2 aliphatic rings. The lowest BCUT2D eigenvalue weighted by molar-refractivity contribution is 0.119. The van der Waals surface area contributed by atoms with Gasteiger partial charge in [0, 0.05) is 26.8 Å². The predicted molar refractivity (Wildman–Crippen MR) is 139 cm³/mol. The summed E-state index contributed by atoms with van der Waals surface area (Å²) in [5.74, 6) is 3.12. The third-order valence-electron chi connectivity index (χ3n) is 5.24. The van der Waals surface area contributed by atoms with Gasteiger partial charge in [0.25, 0.3) is 0 Å². The minimum Gasteiger partial charge on any atom is -0.465 e. The van der Waals surface area contributed by atoms with Crippen molar-refractivity contribution >= 4 is 44.3 Å². The molecule has 1 unspecified atom stereocenters. The molecule has 2 aliphatic heterocycles. The summed E-state index contributed by atoms with van der Waals surface area (Å²) >= 11 is 0.488. The zero-order valence-corrected chi connectivity index (χ0v) is 20.9. The number of nitrogens with zero attached hydrogens (tertiary/aromatic N) is 2. The van der Waals surface area contributed by atoms with Gasteiger partial charge in [-0.15, -0.1) is 22.0 Å². The van der Waals surface area contributed by atoms with Gasteiger partial charge >= 0.3 is 0 Å². The fraction of sp³-hybridized carbons (Fsp3) is 0.200. The van der Waals surface area contributed by atoms with Gasteiger partial charge in [-0.05, 0) is 48.6 Å². The van der Waals surface area contributed by atoms with E-state index in [4.69, 9.17) is 9.15 Å². The average molecular weight is 571 g/mol. The predicted octanol–water partition coefficient (Wildman–Crippen LogP) is 8.08. The van der Waals surface area contributed by atoms with E-state index in [0.29, 0.717) is 17.9 Å². The minimum absolute atomic E-state index is 0.518. The molecule has 3 heterocycles. The van der Waals surface area contributed by atoms with Crippen LogP contribution in [0.3, 0.4) is 0 Å². The zero-order chi connectivity index (χ0) is 22.6. The van der Waals surface area contributed by atoms with E-state index >= 15 is 0 Å². The number of azo groups is 1. The van der Waals surface area contributed by atoms with Gasteiger partial charge in [-0.2, -0.15) is 0 Å². The molecule has 0 aliphatic carbocycles. The van der Waals surface area contributed by atoms with Crippen molar-refractivity contribution in [1.82, 2.24) is 0 Å². The van der Waals surface area contributed by atoms with E-state index in [-0.39, 0.29) is 0 Å². The van der Waals surface area contributed by atoms with Gasteiger partial charge in [0.1, 0.15) is 22.2 Å². The molecule has 8 heteroatoms. The summed E-state index contributed by atoms with van der Waals surface area (Å²) in [6, 6.07) is 19.5. The van der Waals surface area contributed by atoms with E-state index in [0.717, 1.165) is 49.0 Å². The fourth-order valence-corrected chi connectivity index (χ4v) is 5.20. The highest BCUT2D eigenvalue weighted by molar-refractivity contribution is 14.1. The topological polar surface area (TPSA) is 76.2 Å². The standard InChI is InChI=1S/C25H22IN3O3S/c1-2-14-33-23-13-12-21-24(29-28-23)18-8-3-4-9-19(18)27-25(32-21)22-11-10-20(31-22)16-6-5-7-17(15-16)26-30/h3-11,13,15,25,27H,2,12,14H2,1H3. The molecular formula is C25H22IN3O3S. The number of benzene rings is 2. The molecule has 0 spiro atoms. The number of hydrogen-bond donors (Lipinski definition) is 1. The highest BCUT2D eigenvalue weighted by Gasteiger charge is 2.28. The Hall–Kier alpha value is -2.72. The zero-order valence-electron chi connectivity index (χ0n) is 18.0. The Labute approximate surface area is 206 Å². The van der Waals surface area contributed by atoms with E-state index in [2.05, 4.69) is 28.5 Å². The lowest BCUT2D eigenvalue weighted by Crippen LogP contribution is -2.12. The first-order valence-corrected chi connectivity index (χ1v) is 13.7. The van der Waals surface area contributed by atoms with Gasteiger partial charge in [-0.3, -0.25) is 3.07 Å². The number of rotatable bonds is 6. The normalized spacial score (nSPS) is 17.2. The molecule has 0 fully saturated rings. The van der Waals surface area contributed by atoms with E-state index in [1.54, 1.807) is 11.8 Å². The summed E-state index contributed by atoms with van der Waals surface area (Å²) in [6.07, 6.45) is 3.23. The smallest absolute Gasteiger partial charge is 0.228 e. The van der Waals surface area contributed by atoms with Crippen LogP contribution in [-0.4, -0.2) is 5.75 Å². The van der Waals surface area contributed by atoms with Crippen LogP contribution in [0.15, 0.2) is 92.2 Å². The van der Waals surface area contributed by atoms with E-state index < -0.39 is 27.4 Å². The Morgan fingerprint density at radius 1 is 1.12 bits per heavy atom. The molecule has 5 rings (SSSR count). The molecule has 0 bridgehead atoms. The van der Waals surface area contributed by atoms with Crippen molar-refractivity contribution in [3.8, 4) is 11.3 Å². The largest absolute Gasteiger partial charge is 0.465 e. The number of allylic oxidation sites excluding steroid dienone is 1. The van der Waals surface area contributed by atoms with Gasteiger partial charge in [0.15, 0.2) is 27.0 Å². The third kappa shape index (κ3) is 4.81. The number of ether oxygens (including phenoxy) is 1. The van der Waals surface area contributed by atoms with Crippen LogP contribution in [0.2, 0.25) is 0 Å². The molecule has 33 heavy (non-hydrogen) atoms. The second kappa shape index (κ2) is 10.0. The molecule has 6 nitrogen and oxygen atoms in total. The SMILES string of the molecule is CCCSC1=CCC2=C(N=N1)c1ccccc1NC(c1ccc(-c3cccc(I=O)c3)o1)O2. The number of fused-ring (bicyclic) bond motifs is 2. The molecule has 0 saturated heterocycles. The summed E-state index contributed by atoms with van der Waals surface area (Å²) in [4.78, 5) is 0. The first-order chi connectivity index (χ1) is 16.2. The molecular weight excluding hydrogens is 549 g/mol. The summed E-state index contributed by atoms with van der Waals surface area (Å²) < 4.78 is 24.8. The van der Waals surface area contributed by atoms with Gasteiger partial charge in [0.2, 0.25) is 6.23 Å². The van der Waals surface area contributed by atoms with Crippen molar-refractivity contribution in [2.75, 3.05) is 11.1 Å². The Morgan fingerprint density at radius 3 is 2.91 bits per heavy atom. The van der Waals surface area contributed by atoms with E-state index in [9.17, 15) is 3.07 Å². The summed E-state index contributed by atoms with van der Waals surface area (Å²) in [5, 5.41) is 13.4. The van der Waals surface area contributed by atoms with Crippen molar-refractivity contribution in [3.63, 3.8) is 0 Å². The molecule has 168 valence electrons. The maximum absolute atomic E-state index is 11.4. The molecule has 1 N–H and O–H groups in total. The Bertz CT molecular complexity index is 1280. The molecule has 0 saturated carbocycles. The van der Waals surface area contributed by atoms with Gasteiger partial charge < -0.3 is 14.5 Å². The highest BCUT2D eigenvalue weighted by Crippen LogP contribution is 2.41. The van der Waals surface area contributed by atoms with Crippen LogP contribution < -0.4 is 5.32 Å². The quantitative estimate of drug-likeness (QED) is 0.303. The Kier molecular flexibility index (Phi) is 6.73. The van der Waals surface area contributed by atoms with E-state index in [1.807, 2.05) is 60.7 Å². The maximum atomic E-state index is 11.4. The first-order valence-electron chi connectivity index (χ1n) is 10.7. The van der Waals surface area contributed by atoms with Crippen LogP contribution in [0.5, 0.6) is 0 Å². The molecule has 3 aromatic rings. The Morgan fingerprint density at radius 2 is 2.03 bits per heavy atom. The van der Waals surface area contributed by atoms with Crippen molar-refractivity contribution in [2.24, 2.45) is 10.2 Å². The molecule has 0 radical (unpaired) electrons. The van der Waals surface area contributed by atoms with Crippen LogP contribution in [0.1, 0.15) is 37.3 Å². The molecule has 2 aromatic carbocycles. The maximum Gasteiger partial charge on any atom is 0.228 e. The van der Waals surface area contributed by atoms with E-state index in [1.165, 1.54) is 0 Å². The second-order valence-electron chi connectivity index (χ2n) is 7.54. The van der Waals surface area contributed by atoms with Crippen molar-refractivity contribution < 1.29 is 12.2 Å². The van der Waals surface area contributed by atoms with Gasteiger partial charge in [-0.1, -0.05) is 37.3 Å². The number of para-hydroxylation sites is 1. The average Bonchev–Trinajstić information content (AvgIpc) is 3.19.